The molecule has 3 nitrogen and oxygen atoms in total. The molecule has 0 aromatic carbocycles. The highest BCUT2D eigenvalue weighted by atomic mass is 16.1. The molecule has 1 fully saturated rings. The van der Waals surface area contributed by atoms with Crippen LogP contribution < -0.4 is 5.73 Å². The Labute approximate surface area is 61.2 Å². The lowest BCUT2D eigenvalue weighted by molar-refractivity contribution is -0.119. The maximum absolute atomic E-state index is 10.5. The van der Waals surface area contributed by atoms with Crippen LogP contribution in [0.3, 0.4) is 0 Å². The van der Waals surface area contributed by atoms with E-state index in [1.807, 2.05) is 0 Å². The van der Waals surface area contributed by atoms with E-state index in [0.29, 0.717) is 12.6 Å². The highest BCUT2D eigenvalue weighted by molar-refractivity contribution is 5.75. The molecular weight excluding hydrogens is 128 g/mol. The fourth-order valence-corrected chi connectivity index (χ4v) is 1.43. The van der Waals surface area contributed by atoms with Crippen molar-refractivity contribution in [2.45, 2.75) is 25.8 Å². The van der Waals surface area contributed by atoms with Gasteiger partial charge in [0.05, 0.1) is 6.54 Å². The zero-order valence-corrected chi connectivity index (χ0v) is 6.34. The molecule has 0 aliphatic carbocycles. The second-order valence-electron chi connectivity index (χ2n) is 2.93. The molecule has 1 saturated heterocycles. The second-order valence-corrected chi connectivity index (χ2v) is 2.93. The van der Waals surface area contributed by atoms with Crippen LogP contribution in [0.2, 0.25) is 0 Å². The molecular formula is C7H14N2O. The molecule has 1 aliphatic heterocycles. The number of carbonyl (C=O) groups is 1. The number of nitrogens with zero attached hydrogens (tertiary/aromatic N) is 1. The Bertz CT molecular complexity index is 136. The lowest BCUT2D eigenvalue weighted by Crippen LogP contribution is -2.35. The van der Waals surface area contributed by atoms with Crippen LogP contribution in [0.4, 0.5) is 0 Å². The Hall–Kier alpha value is -0.570. The Balaban J connectivity index is 2.33. The standard InChI is InChI=1S/C7H14N2O/c1-6-3-2-4-9(6)5-7(8)10/h6H,2-5H2,1H3,(H2,8,10)/t6-/m1/s1. The molecule has 10 heavy (non-hydrogen) atoms. The lowest BCUT2D eigenvalue weighted by Gasteiger charge is -2.18. The third-order valence-electron chi connectivity index (χ3n) is 2.05. The summed E-state index contributed by atoms with van der Waals surface area (Å²) in [6.45, 7) is 3.60. The van der Waals surface area contributed by atoms with E-state index in [-0.39, 0.29) is 5.91 Å². The van der Waals surface area contributed by atoms with Crippen molar-refractivity contribution in [3.05, 3.63) is 0 Å². The average molecular weight is 142 g/mol. The first kappa shape index (κ1) is 7.54. The van der Waals surface area contributed by atoms with E-state index in [0.717, 1.165) is 6.54 Å². The van der Waals surface area contributed by atoms with Crippen LogP contribution in [-0.2, 0) is 4.79 Å². The van der Waals surface area contributed by atoms with Crippen LogP contribution in [-0.4, -0.2) is 29.9 Å². The molecule has 1 heterocycles. The summed E-state index contributed by atoms with van der Waals surface area (Å²) in [7, 11) is 0. The van der Waals surface area contributed by atoms with Gasteiger partial charge in [0.25, 0.3) is 0 Å². The van der Waals surface area contributed by atoms with Crippen molar-refractivity contribution in [2.75, 3.05) is 13.1 Å². The summed E-state index contributed by atoms with van der Waals surface area (Å²) in [5.74, 6) is -0.214. The van der Waals surface area contributed by atoms with Crippen LogP contribution >= 0.6 is 0 Å². The molecule has 1 aliphatic rings. The van der Waals surface area contributed by atoms with E-state index >= 15 is 0 Å². The number of primary amides is 1. The molecule has 0 unspecified atom stereocenters. The quantitative estimate of drug-likeness (QED) is 0.588. The van der Waals surface area contributed by atoms with Crippen molar-refractivity contribution in [3.8, 4) is 0 Å². The van der Waals surface area contributed by atoms with Crippen LogP contribution in [0.5, 0.6) is 0 Å². The van der Waals surface area contributed by atoms with Gasteiger partial charge in [-0.05, 0) is 26.3 Å². The number of nitrogens with two attached hydrogens (primary N) is 1. The van der Waals surface area contributed by atoms with E-state index in [1.54, 1.807) is 0 Å². The Kier molecular flexibility index (Phi) is 2.27. The Morgan fingerprint density at radius 1 is 1.80 bits per heavy atom. The molecule has 0 radical (unpaired) electrons. The van der Waals surface area contributed by atoms with Crippen molar-refractivity contribution < 1.29 is 4.79 Å². The first-order chi connectivity index (χ1) is 4.70. The zero-order valence-electron chi connectivity index (χ0n) is 6.34. The molecule has 0 bridgehead atoms. The summed E-state index contributed by atoms with van der Waals surface area (Å²) in [5.41, 5.74) is 5.05. The molecule has 1 atom stereocenters. The van der Waals surface area contributed by atoms with Crippen LogP contribution in [0.1, 0.15) is 19.8 Å². The van der Waals surface area contributed by atoms with Gasteiger partial charge in [-0.15, -0.1) is 0 Å². The van der Waals surface area contributed by atoms with Gasteiger partial charge < -0.3 is 5.73 Å². The third kappa shape index (κ3) is 1.70. The van der Waals surface area contributed by atoms with Crippen molar-refractivity contribution in [1.82, 2.24) is 4.90 Å². The van der Waals surface area contributed by atoms with Gasteiger partial charge in [0, 0.05) is 6.04 Å². The largest absolute Gasteiger partial charge is 0.369 e. The zero-order chi connectivity index (χ0) is 7.56. The van der Waals surface area contributed by atoms with Crippen molar-refractivity contribution in [2.24, 2.45) is 5.73 Å². The van der Waals surface area contributed by atoms with Crippen molar-refractivity contribution in [3.63, 3.8) is 0 Å². The van der Waals surface area contributed by atoms with Gasteiger partial charge in [-0.25, -0.2) is 0 Å². The number of hydrogen-bond donors (Lipinski definition) is 1. The minimum Gasteiger partial charge on any atom is -0.369 e. The van der Waals surface area contributed by atoms with Crippen molar-refractivity contribution >= 4 is 5.91 Å². The van der Waals surface area contributed by atoms with Crippen LogP contribution in [0.25, 0.3) is 0 Å². The maximum Gasteiger partial charge on any atom is 0.231 e. The van der Waals surface area contributed by atoms with E-state index < -0.39 is 0 Å². The third-order valence-corrected chi connectivity index (χ3v) is 2.05. The SMILES string of the molecule is C[C@@H]1CCCN1CC(N)=O. The van der Waals surface area contributed by atoms with E-state index in [4.69, 9.17) is 5.73 Å². The molecule has 2 N–H and O–H groups in total. The minimum absolute atomic E-state index is 0.214. The fraction of sp³-hybridized carbons (Fsp3) is 0.857. The topological polar surface area (TPSA) is 46.3 Å². The number of amides is 1. The highest BCUT2D eigenvalue weighted by Gasteiger charge is 2.20. The second kappa shape index (κ2) is 3.01. The summed E-state index contributed by atoms with van der Waals surface area (Å²) in [5, 5.41) is 0. The van der Waals surface area contributed by atoms with Gasteiger partial charge in [0.2, 0.25) is 5.91 Å². The summed E-state index contributed by atoms with van der Waals surface area (Å²) < 4.78 is 0. The van der Waals surface area contributed by atoms with Gasteiger partial charge >= 0.3 is 0 Å². The lowest BCUT2D eigenvalue weighted by atomic mass is 10.2. The van der Waals surface area contributed by atoms with Crippen LogP contribution in [0.15, 0.2) is 0 Å². The maximum atomic E-state index is 10.5. The predicted molar refractivity (Wildman–Crippen MR) is 39.5 cm³/mol. The Morgan fingerprint density at radius 2 is 2.50 bits per heavy atom. The minimum atomic E-state index is -0.214. The van der Waals surface area contributed by atoms with Crippen molar-refractivity contribution in [1.29, 1.82) is 0 Å². The van der Waals surface area contributed by atoms with E-state index in [1.165, 1.54) is 12.8 Å². The number of likely N-dealkylation sites (tertiary alicyclic amines) is 1. The van der Waals surface area contributed by atoms with Gasteiger partial charge in [0.15, 0.2) is 0 Å². The molecule has 0 spiro atoms. The van der Waals surface area contributed by atoms with E-state index in [2.05, 4.69) is 11.8 Å². The monoisotopic (exact) mass is 142 g/mol. The van der Waals surface area contributed by atoms with E-state index in [9.17, 15) is 4.79 Å². The summed E-state index contributed by atoms with van der Waals surface area (Å²) >= 11 is 0. The first-order valence-corrected chi connectivity index (χ1v) is 3.72. The molecule has 1 rings (SSSR count). The highest BCUT2D eigenvalue weighted by Crippen LogP contribution is 2.14. The molecule has 0 saturated carbocycles. The molecule has 1 amide bonds. The predicted octanol–water partition coefficient (Wildman–Crippen LogP) is -0.0440. The smallest absolute Gasteiger partial charge is 0.231 e. The number of carbonyl (C=O) groups excluding carboxylic acids is 1. The van der Waals surface area contributed by atoms with Gasteiger partial charge in [-0.1, -0.05) is 0 Å². The molecule has 0 aromatic rings. The molecule has 58 valence electrons. The Morgan fingerprint density at radius 3 is 2.90 bits per heavy atom. The number of hydrogen-bond acceptors (Lipinski definition) is 2. The van der Waals surface area contributed by atoms with Gasteiger partial charge in [-0.3, -0.25) is 9.69 Å². The first-order valence-electron chi connectivity index (χ1n) is 3.72. The van der Waals surface area contributed by atoms with Gasteiger partial charge in [0.1, 0.15) is 0 Å². The fourth-order valence-electron chi connectivity index (χ4n) is 1.43. The molecule has 0 aromatic heterocycles. The summed E-state index contributed by atoms with van der Waals surface area (Å²) in [6.07, 6.45) is 2.40. The summed E-state index contributed by atoms with van der Waals surface area (Å²) in [6, 6.07) is 0.549. The number of rotatable bonds is 2. The normalized spacial score (nSPS) is 27.1. The van der Waals surface area contributed by atoms with Gasteiger partial charge in [-0.2, -0.15) is 0 Å². The summed E-state index contributed by atoms with van der Waals surface area (Å²) in [4.78, 5) is 12.6. The van der Waals surface area contributed by atoms with Crippen LogP contribution in [0, 0.1) is 0 Å². The average Bonchev–Trinajstić information content (AvgIpc) is 2.15. The molecule has 3 heteroatoms.